The van der Waals surface area contributed by atoms with E-state index < -0.39 is 0 Å². The highest BCUT2D eigenvalue weighted by Gasteiger charge is 2.09. The Kier molecular flexibility index (Phi) is 5.14. The first-order valence-electron chi connectivity index (χ1n) is 7.93. The number of amides is 1. The van der Waals surface area contributed by atoms with Gasteiger partial charge in [-0.05, 0) is 24.1 Å². The second-order valence-corrected chi connectivity index (χ2v) is 6.16. The summed E-state index contributed by atoms with van der Waals surface area (Å²) in [7, 11) is 1.73. The van der Waals surface area contributed by atoms with Crippen molar-refractivity contribution < 1.29 is 4.79 Å². The van der Waals surface area contributed by atoms with Gasteiger partial charge in [-0.15, -0.1) is 0 Å². The molecule has 25 heavy (non-hydrogen) atoms. The molecule has 0 aliphatic rings. The number of carbonyl (C=O) groups is 1. The molecule has 1 N–H and O–H groups in total. The maximum atomic E-state index is 12.3. The smallest absolute Gasteiger partial charge is 0.264 e. The van der Waals surface area contributed by atoms with Gasteiger partial charge in [0.15, 0.2) is 5.65 Å². The van der Waals surface area contributed by atoms with Gasteiger partial charge in [-0.1, -0.05) is 23.7 Å². The lowest BCUT2D eigenvalue weighted by molar-refractivity contribution is -0.121. The molecule has 0 atom stereocenters. The van der Waals surface area contributed by atoms with Crippen LogP contribution in [0.15, 0.2) is 41.6 Å². The SMILES string of the molecule is Cn1ncc2c(=O)n(CCC(=O)NCCc3ccc(Cl)cc3)cnc21. The fourth-order valence-corrected chi connectivity index (χ4v) is 2.66. The van der Waals surface area contributed by atoms with Gasteiger partial charge in [-0.3, -0.25) is 18.8 Å². The molecule has 3 aromatic rings. The Morgan fingerprint density at radius 2 is 2.04 bits per heavy atom. The Bertz CT molecular complexity index is 946. The van der Waals surface area contributed by atoms with Crippen LogP contribution in [0.4, 0.5) is 0 Å². The third kappa shape index (κ3) is 4.06. The second kappa shape index (κ2) is 7.48. The summed E-state index contributed by atoms with van der Waals surface area (Å²) in [5.74, 6) is -0.104. The minimum atomic E-state index is -0.188. The number of nitrogens with one attached hydrogen (secondary N) is 1. The molecular formula is C17H18ClN5O2. The molecule has 130 valence electrons. The highest BCUT2D eigenvalue weighted by Crippen LogP contribution is 2.09. The summed E-state index contributed by atoms with van der Waals surface area (Å²) in [6.07, 6.45) is 3.89. The monoisotopic (exact) mass is 359 g/mol. The average Bonchev–Trinajstić information content (AvgIpc) is 2.98. The lowest BCUT2D eigenvalue weighted by atomic mass is 10.1. The molecule has 1 aromatic carbocycles. The summed E-state index contributed by atoms with van der Waals surface area (Å²) in [5, 5.41) is 8.02. The first-order valence-corrected chi connectivity index (χ1v) is 8.30. The Hall–Kier alpha value is -2.67. The van der Waals surface area contributed by atoms with Crippen molar-refractivity contribution in [2.45, 2.75) is 19.4 Å². The Labute approximate surface area is 149 Å². The standard InChI is InChI=1S/C17H18ClN5O2/c1-22-16-14(10-21-22)17(25)23(11-20-16)9-7-15(24)19-8-6-12-2-4-13(18)5-3-12/h2-5,10-11H,6-9H2,1H3,(H,19,24). The van der Waals surface area contributed by atoms with Gasteiger partial charge in [-0.2, -0.15) is 5.10 Å². The number of aryl methyl sites for hydroxylation is 2. The first-order chi connectivity index (χ1) is 12.0. The summed E-state index contributed by atoms with van der Waals surface area (Å²) >= 11 is 5.84. The van der Waals surface area contributed by atoms with E-state index in [9.17, 15) is 9.59 Å². The van der Waals surface area contributed by atoms with Gasteiger partial charge in [0.05, 0.1) is 12.5 Å². The number of carbonyl (C=O) groups excluding carboxylic acids is 1. The quantitative estimate of drug-likeness (QED) is 0.723. The molecular weight excluding hydrogens is 342 g/mol. The fourth-order valence-electron chi connectivity index (χ4n) is 2.53. The third-order valence-electron chi connectivity index (χ3n) is 3.95. The number of rotatable bonds is 6. The van der Waals surface area contributed by atoms with Crippen LogP contribution in [0.5, 0.6) is 0 Å². The van der Waals surface area contributed by atoms with E-state index in [1.54, 1.807) is 11.7 Å². The Balaban J connectivity index is 1.51. The zero-order valence-corrected chi connectivity index (χ0v) is 14.5. The van der Waals surface area contributed by atoms with Gasteiger partial charge in [0.25, 0.3) is 5.56 Å². The first kappa shape index (κ1) is 17.2. The van der Waals surface area contributed by atoms with Gasteiger partial charge in [0.2, 0.25) is 5.91 Å². The van der Waals surface area contributed by atoms with Gasteiger partial charge in [0, 0.05) is 31.6 Å². The predicted octanol–water partition coefficient (Wildman–Crippen LogP) is 1.53. The molecule has 0 aliphatic heterocycles. The topological polar surface area (TPSA) is 81.8 Å². The number of benzene rings is 1. The van der Waals surface area contributed by atoms with Crippen molar-refractivity contribution in [2.75, 3.05) is 6.54 Å². The second-order valence-electron chi connectivity index (χ2n) is 5.72. The minimum absolute atomic E-state index is 0.104. The highest BCUT2D eigenvalue weighted by molar-refractivity contribution is 6.30. The molecule has 2 heterocycles. The molecule has 0 aliphatic carbocycles. The lowest BCUT2D eigenvalue weighted by Gasteiger charge is -2.07. The van der Waals surface area contributed by atoms with E-state index in [0.29, 0.717) is 22.6 Å². The molecule has 0 saturated heterocycles. The minimum Gasteiger partial charge on any atom is -0.356 e. The molecule has 0 spiro atoms. The molecule has 2 aromatic heterocycles. The number of halogens is 1. The van der Waals surface area contributed by atoms with Crippen LogP contribution in [0.3, 0.4) is 0 Å². The van der Waals surface area contributed by atoms with E-state index in [1.807, 2.05) is 24.3 Å². The molecule has 1 amide bonds. The van der Waals surface area contributed by atoms with Crippen LogP contribution in [0.25, 0.3) is 11.0 Å². The normalized spacial score (nSPS) is 11.0. The van der Waals surface area contributed by atoms with Crippen LogP contribution in [0.1, 0.15) is 12.0 Å². The number of nitrogens with zero attached hydrogens (tertiary/aromatic N) is 4. The van der Waals surface area contributed by atoms with E-state index in [0.717, 1.165) is 12.0 Å². The Morgan fingerprint density at radius 3 is 2.80 bits per heavy atom. The van der Waals surface area contributed by atoms with Crippen LogP contribution in [-0.4, -0.2) is 31.8 Å². The molecule has 8 heteroatoms. The maximum absolute atomic E-state index is 12.3. The zero-order chi connectivity index (χ0) is 17.8. The van der Waals surface area contributed by atoms with Crippen LogP contribution in [0.2, 0.25) is 5.02 Å². The van der Waals surface area contributed by atoms with Crippen LogP contribution in [0, 0.1) is 0 Å². The lowest BCUT2D eigenvalue weighted by Crippen LogP contribution is -2.29. The van der Waals surface area contributed by atoms with Gasteiger partial charge in [-0.25, -0.2) is 4.98 Å². The van der Waals surface area contributed by atoms with Crippen LogP contribution in [-0.2, 0) is 24.8 Å². The highest BCUT2D eigenvalue weighted by atomic mass is 35.5. The van der Waals surface area contributed by atoms with Crippen LogP contribution < -0.4 is 10.9 Å². The third-order valence-corrected chi connectivity index (χ3v) is 4.20. The summed E-state index contributed by atoms with van der Waals surface area (Å²) in [6.45, 7) is 0.818. The summed E-state index contributed by atoms with van der Waals surface area (Å²) in [4.78, 5) is 28.5. The Morgan fingerprint density at radius 1 is 1.28 bits per heavy atom. The molecule has 0 fully saturated rings. The predicted molar refractivity (Wildman–Crippen MR) is 95.6 cm³/mol. The number of aromatic nitrogens is 4. The van der Waals surface area contributed by atoms with Crippen LogP contribution >= 0.6 is 11.6 Å². The largest absolute Gasteiger partial charge is 0.356 e. The molecule has 7 nitrogen and oxygen atoms in total. The van der Waals surface area contributed by atoms with Gasteiger partial charge in [0.1, 0.15) is 5.39 Å². The van der Waals surface area contributed by atoms with Gasteiger partial charge >= 0.3 is 0 Å². The molecule has 0 saturated carbocycles. The molecule has 0 bridgehead atoms. The molecule has 3 rings (SSSR count). The van der Waals surface area contributed by atoms with E-state index in [4.69, 9.17) is 11.6 Å². The fraction of sp³-hybridized carbons (Fsp3) is 0.294. The number of fused-ring (bicyclic) bond motifs is 1. The van der Waals surface area contributed by atoms with Crippen molar-refractivity contribution >= 4 is 28.5 Å². The van der Waals surface area contributed by atoms with Crippen molar-refractivity contribution in [1.82, 2.24) is 24.6 Å². The van der Waals surface area contributed by atoms with Crippen molar-refractivity contribution in [1.29, 1.82) is 0 Å². The number of hydrogen-bond acceptors (Lipinski definition) is 4. The number of hydrogen-bond donors (Lipinski definition) is 1. The summed E-state index contributed by atoms with van der Waals surface area (Å²) in [5.41, 5.74) is 1.45. The summed E-state index contributed by atoms with van der Waals surface area (Å²) in [6, 6.07) is 7.52. The molecule has 0 radical (unpaired) electrons. The van der Waals surface area contributed by atoms with Crippen molar-refractivity contribution in [2.24, 2.45) is 7.05 Å². The molecule has 0 unspecified atom stereocenters. The summed E-state index contributed by atoms with van der Waals surface area (Å²) < 4.78 is 2.98. The van der Waals surface area contributed by atoms with E-state index in [1.165, 1.54) is 17.1 Å². The zero-order valence-electron chi connectivity index (χ0n) is 13.8. The van der Waals surface area contributed by atoms with E-state index >= 15 is 0 Å². The van der Waals surface area contributed by atoms with E-state index in [2.05, 4.69) is 15.4 Å². The van der Waals surface area contributed by atoms with E-state index in [-0.39, 0.29) is 24.4 Å². The average molecular weight is 360 g/mol. The van der Waals surface area contributed by atoms with Crippen molar-refractivity contribution in [3.05, 3.63) is 57.7 Å². The maximum Gasteiger partial charge on any atom is 0.264 e. The van der Waals surface area contributed by atoms with Gasteiger partial charge < -0.3 is 5.32 Å². The van der Waals surface area contributed by atoms with Crippen molar-refractivity contribution in [3.8, 4) is 0 Å². The van der Waals surface area contributed by atoms with Crippen molar-refractivity contribution in [3.63, 3.8) is 0 Å².